The molecule has 1 aromatic heterocycles. The summed E-state index contributed by atoms with van der Waals surface area (Å²) in [5.74, 6) is -0.571. The summed E-state index contributed by atoms with van der Waals surface area (Å²) < 4.78 is 1.97. The van der Waals surface area contributed by atoms with E-state index in [0.717, 1.165) is 30.4 Å². The Morgan fingerprint density at radius 3 is 2.66 bits per heavy atom. The van der Waals surface area contributed by atoms with Gasteiger partial charge in [-0.3, -0.25) is 9.59 Å². The Bertz CT molecular complexity index is 1150. The van der Waals surface area contributed by atoms with Crippen LogP contribution in [-0.4, -0.2) is 68.5 Å². The monoisotopic (exact) mass is 479 g/mol. The molecule has 2 aliphatic heterocycles. The fourth-order valence-electron chi connectivity index (χ4n) is 5.65. The first kappa shape index (κ1) is 23.4. The number of fused-ring (bicyclic) bond motifs is 2. The average Bonchev–Trinajstić information content (AvgIpc) is 3.30. The molecule has 35 heavy (non-hydrogen) atoms. The van der Waals surface area contributed by atoms with E-state index in [0.29, 0.717) is 50.5 Å². The minimum Gasteiger partial charge on any atom is -0.481 e. The molecule has 3 heterocycles. The fourth-order valence-corrected chi connectivity index (χ4v) is 5.65. The third-order valence-corrected chi connectivity index (χ3v) is 7.65. The van der Waals surface area contributed by atoms with Crippen molar-refractivity contribution in [1.82, 2.24) is 24.7 Å². The number of imidazole rings is 1. The van der Waals surface area contributed by atoms with E-state index in [1.54, 1.807) is 11.2 Å². The topological polar surface area (TPSA) is 108 Å². The number of amides is 3. The van der Waals surface area contributed by atoms with Crippen LogP contribution < -0.4 is 5.32 Å². The number of hydrogen-bond donors (Lipinski definition) is 2. The number of nitrogens with one attached hydrogen (secondary N) is 1. The molecule has 1 atom stereocenters. The number of likely N-dealkylation sites (tertiary alicyclic amines) is 2. The molecule has 0 spiro atoms. The van der Waals surface area contributed by atoms with Crippen molar-refractivity contribution in [3.05, 3.63) is 41.9 Å². The number of aliphatic carboxylic acids is 1. The van der Waals surface area contributed by atoms with Gasteiger partial charge in [0, 0.05) is 44.0 Å². The van der Waals surface area contributed by atoms with E-state index in [9.17, 15) is 14.4 Å². The van der Waals surface area contributed by atoms with Gasteiger partial charge >= 0.3 is 12.0 Å². The quantitative estimate of drug-likeness (QED) is 0.683. The van der Waals surface area contributed by atoms with Crippen molar-refractivity contribution < 1.29 is 19.5 Å². The number of hydrogen-bond acceptors (Lipinski definition) is 4. The van der Waals surface area contributed by atoms with Crippen LogP contribution in [0.5, 0.6) is 0 Å². The molecule has 0 radical (unpaired) electrons. The normalized spacial score (nSPS) is 20.9. The summed E-state index contributed by atoms with van der Waals surface area (Å²) >= 11 is 0. The second-order valence-electron chi connectivity index (χ2n) is 9.83. The lowest BCUT2D eigenvalue weighted by Crippen LogP contribution is -2.46. The van der Waals surface area contributed by atoms with Crippen LogP contribution >= 0.6 is 0 Å². The maximum absolute atomic E-state index is 13.3. The van der Waals surface area contributed by atoms with E-state index in [4.69, 9.17) is 5.11 Å². The average molecular weight is 480 g/mol. The van der Waals surface area contributed by atoms with Crippen molar-refractivity contribution in [2.45, 2.75) is 51.5 Å². The Kier molecular flexibility index (Phi) is 6.74. The number of urea groups is 1. The molecule has 9 nitrogen and oxygen atoms in total. The predicted molar refractivity (Wildman–Crippen MR) is 131 cm³/mol. The Hall–Kier alpha value is -3.36. The van der Waals surface area contributed by atoms with Crippen LogP contribution in [0.15, 0.2) is 36.3 Å². The van der Waals surface area contributed by atoms with Crippen molar-refractivity contribution in [1.29, 1.82) is 0 Å². The van der Waals surface area contributed by atoms with Crippen molar-refractivity contribution in [3.63, 3.8) is 0 Å². The van der Waals surface area contributed by atoms with E-state index >= 15 is 0 Å². The van der Waals surface area contributed by atoms with Gasteiger partial charge in [-0.1, -0.05) is 6.08 Å². The van der Waals surface area contributed by atoms with Crippen LogP contribution in [0.4, 0.5) is 4.79 Å². The summed E-state index contributed by atoms with van der Waals surface area (Å²) in [4.78, 5) is 45.0. The molecule has 2 saturated heterocycles. The molecule has 3 aliphatic rings. The molecule has 1 unspecified atom stereocenters. The van der Waals surface area contributed by atoms with Crippen molar-refractivity contribution in [3.8, 4) is 0 Å². The van der Waals surface area contributed by atoms with Gasteiger partial charge in [-0.15, -0.1) is 0 Å². The number of rotatable bonds is 5. The first-order valence-corrected chi connectivity index (χ1v) is 12.7. The largest absolute Gasteiger partial charge is 0.481 e. The van der Waals surface area contributed by atoms with Gasteiger partial charge in [0.25, 0.3) is 5.91 Å². The number of piperidine rings is 2. The third kappa shape index (κ3) is 4.90. The molecule has 0 bridgehead atoms. The summed E-state index contributed by atoms with van der Waals surface area (Å²) in [7, 11) is 0. The fraction of sp³-hybridized carbons (Fsp3) is 0.538. The van der Waals surface area contributed by atoms with Crippen LogP contribution in [-0.2, 0) is 11.3 Å². The SMILES string of the molecule is O=C(O)C1CCN(C(=O)NCCn2cnc3cc(C(=O)N4CCCC5CCCC=C54)ccc32)CC1. The first-order chi connectivity index (χ1) is 17.0. The highest BCUT2D eigenvalue weighted by atomic mass is 16.4. The summed E-state index contributed by atoms with van der Waals surface area (Å²) in [6.45, 7) is 2.70. The van der Waals surface area contributed by atoms with Crippen molar-refractivity contribution in [2.24, 2.45) is 11.8 Å². The molecule has 3 amide bonds. The van der Waals surface area contributed by atoms with Gasteiger partial charge in [0.1, 0.15) is 0 Å². The van der Waals surface area contributed by atoms with E-state index in [2.05, 4.69) is 16.4 Å². The van der Waals surface area contributed by atoms with Crippen LogP contribution in [0, 0.1) is 11.8 Å². The zero-order chi connectivity index (χ0) is 24.4. The minimum atomic E-state index is -0.784. The lowest BCUT2D eigenvalue weighted by Gasteiger charge is -2.38. The maximum Gasteiger partial charge on any atom is 0.317 e. The van der Waals surface area contributed by atoms with E-state index < -0.39 is 5.97 Å². The molecule has 9 heteroatoms. The summed E-state index contributed by atoms with van der Waals surface area (Å²) in [5, 5.41) is 12.0. The highest BCUT2D eigenvalue weighted by Crippen LogP contribution is 2.35. The highest BCUT2D eigenvalue weighted by Gasteiger charge is 2.31. The van der Waals surface area contributed by atoms with Gasteiger partial charge in [0.2, 0.25) is 0 Å². The van der Waals surface area contributed by atoms with Crippen molar-refractivity contribution >= 4 is 28.9 Å². The smallest absolute Gasteiger partial charge is 0.317 e. The minimum absolute atomic E-state index is 0.0539. The lowest BCUT2D eigenvalue weighted by molar-refractivity contribution is -0.143. The van der Waals surface area contributed by atoms with Gasteiger partial charge in [-0.25, -0.2) is 9.78 Å². The predicted octanol–water partition coefficient (Wildman–Crippen LogP) is 3.46. The number of benzene rings is 1. The van der Waals surface area contributed by atoms with Crippen LogP contribution in [0.25, 0.3) is 11.0 Å². The van der Waals surface area contributed by atoms with Crippen molar-refractivity contribution in [2.75, 3.05) is 26.2 Å². The van der Waals surface area contributed by atoms with E-state index in [-0.39, 0.29) is 17.9 Å². The number of nitrogens with zero attached hydrogens (tertiary/aromatic N) is 4. The summed E-state index contributed by atoms with van der Waals surface area (Å²) in [5.41, 5.74) is 3.56. The molecule has 2 N–H and O–H groups in total. The zero-order valence-electron chi connectivity index (χ0n) is 20.0. The Labute approximate surface area is 204 Å². The maximum atomic E-state index is 13.3. The first-order valence-electron chi connectivity index (χ1n) is 12.7. The molecule has 2 aromatic rings. The number of carbonyl (C=O) groups excluding carboxylic acids is 2. The van der Waals surface area contributed by atoms with E-state index in [1.807, 2.05) is 27.7 Å². The molecule has 1 aromatic carbocycles. The number of carboxylic acids is 1. The Balaban J connectivity index is 1.18. The zero-order valence-corrected chi connectivity index (χ0v) is 20.0. The Morgan fingerprint density at radius 2 is 1.86 bits per heavy atom. The van der Waals surface area contributed by atoms with Crippen LogP contribution in [0.3, 0.4) is 0 Å². The summed E-state index contributed by atoms with van der Waals surface area (Å²) in [6.07, 6.45) is 10.6. The van der Waals surface area contributed by atoms with Crippen LogP contribution in [0.2, 0.25) is 0 Å². The molecule has 0 saturated carbocycles. The number of allylic oxidation sites excluding steroid dienone is 2. The second kappa shape index (κ2) is 10.1. The van der Waals surface area contributed by atoms with Gasteiger partial charge in [-0.05, 0) is 69.1 Å². The molecular formula is C26H33N5O4. The number of carboxylic acid groups (broad SMARTS) is 1. The van der Waals surface area contributed by atoms with Gasteiger partial charge in [-0.2, -0.15) is 0 Å². The highest BCUT2D eigenvalue weighted by molar-refractivity contribution is 5.98. The molecule has 5 rings (SSSR count). The second-order valence-corrected chi connectivity index (χ2v) is 9.83. The Morgan fingerprint density at radius 1 is 1.06 bits per heavy atom. The lowest BCUT2D eigenvalue weighted by atomic mass is 9.84. The molecule has 186 valence electrons. The molecule has 2 fully saturated rings. The van der Waals surface area contributed by atoms with Gasteiger partial charge in [0.05, 0.1) is 23.3 Å². The van der Waals surface area contributed by atoms with Gasteiger partial charge in [0.15, 0.2) is 0 Å². The van der Waals surface area contributed by atoms with Gasteiger partial charge < -0.3 is 24.8 Å². The van der Waals surface area contributed by atoms with Crippen LogP contribution in [0.1, 0.15) is 55.3 Å². The summed E-state index contributed by atoms with van der Waals surface area (Å²) in [6, 6.07) is 5.51. The molecule has 1 aliphatic carbocycles. The molecular weight excluding hydrogens is 446 g/mol. The third-order valence-electron chi connectivity index (χ3n) is 7.65. The van der Waals surface area contributed by atoms with E-state index in [1.165, 1.54) is 25.0 Å². The number of carbonyl (C=O) groups is 3. The number of aromatic nitrogens is 2. The standard InChI is InChI=1S/C26H33N5O4/c32-24(31-12-3-5-18-4-1-2-6-22(18)31)20-7-8-23-21(16-20)28-17-30(23)15-11-27-26(35)29-13-9-19(10-14-29)25(33)34/h6-8,16-19H,1-5,9-15H2,(H,27,35)(H,33,34).